The van der Waals surface area contributed by atoms with Gasteiger partial charge in [-0.05, 0) is 31.8 Å². The molecule has 0 N–H and O–H groups in total. The summed E-state index contributed by atoms with van der Waals surface area (Å²) in [6.45, 7) is 2.92. The molecule has 0 saturated heterocycles. The third-order valence-corrected chi connectivity index (χ3v) is 3.20. The van der Waals surface area contributed by atoms with Crippen LogP contribution in [0, 0.1) is 5.92 Å². The number of amides is 1. The molecule has 0 fully saturated rings. The van der Waals surface area contributed by atoms with Gasteiger partial charge in [-0.15, -0.1) is 0 Å². The third kappa shape index (κ3) is 5.19. The molecule has 1 amide bonds. The van der Waals surface area contributed by atoms with Crippen LogP contribution in [0.2, 0.25) is 0 Å². The molecule has 0 aromatic heterocycles. The number of hydrogen-bond acceptors (Lipinski definition) is 4. The molecule has 1 atom stereocenters. The van der Waals surface area contributed by atoms with Crippen molar-refractivity contribution in [2.24, 2.45) is 5.92 Å². The summed E-state index contributed by atoms with van der Waals surface area (Å²) in [5, 5.41) is 0. The fraction of sp³-hybridized carbons (Fsp3) is 0.500. The first-order valence-corrected chi connectivity index (χ1v) is 6.92. The lowest BCUT2D eigenvalue weighted by Gasteiger charge is -2.20. The Morgan fingerprint density at radius 3 is 2.19 bits per heavy atom. The Morgan fingerprint density at radius 1 is 1.14 bits per heavy atom. The second-order valence-corrected chi connectivity index (χ2v) is 5.54. The molecule has 0 heterocycles. The zero-order valence-corrected chi connectivity index (χ0v) is 13.4. The van der Waals surface area contributed by atoms with E-state index in [4.69, 9.17) is 0 Å². The fourth-order valence-corrected chi connectivity index (χ4v) is 2.11. The molecule has 0 saturated carbocycles. The van der Waals surface area contributed by atoms with Crippen LogP contribution in [0.3, 0.4) is 0 Å². The highest BCUT2D eigenvalue weighted by Gasteiger charge is 2.19. The van der Waals surface area contributed by atoms with E-state index in [1.165, 1.54) is 7.11 Å². The number of rotatable bonds is 6. The van der Waals surface area contributed by atoms with Crippen LogP contribution in [0.4, 0.5) is 0 Å². The summed E-state index contributed by atoms with van der Waals surface area (Å²) in [7, 11) is 7.04. The zero-order valence-electron chi connectivity index (χ0n) is 13.4. The SMILES string of the molecule is COC(=O)C(C)CN(C)C(=O)c1ccc(CN(C)C)cc1. The van der Waals surface area contributed by atoms with Crippen molar-refractivity contribution in [1.29, 1.82) is 0 Å². The number of nitrogens with zero attached hydrogens (tertiary/aromatic N) is 2. The lowest BCUT2D eigenvalue weighted by Crippen LogP contribution is -2.34. The van der Waals surface area contributed by atoms with Crippen molar-refractivity contribution in [1.82, 2.24) is 9.80 Å². The molecule has 0 aliphatic heterocycles. The summed E-state index contributed by atoms with van der Waals surface area (Å²) in [5.41, 5.74) is 1.78. The maximum atomic E-state index is 12.3. The van der Waals surface area contributed by atoms with Gasteiger partial charge in [0.05, 0.1) is 13.0 Å². The predicted octanol–water partition coefficient (Wildman–Crippen LogP) is 1.63. The van der Waals surface area contributed by atoms with Crippen molar-refractivity contribution in [3.05, 3.63) is 35.4 Å². The first kappa shape index (κ1) is 17.2. The molecule has 5 nitrogen and oxygen atoms in total. The van der Waals surface area contributed by atoms with Crippen LogP contribution in [-0.4, -0.2) is 56.5 Å². The molecule has 116 valence electrons. The summed E-state index contributed by atoms with van der Waals surface area (Å²) in [6.07, 6.45) is 0. The summed E-state index contributed by atoms with van der Waals surface area (Å²) >= 11 is 0. The van der Waals surface area contributed by atoms with Crippen molar-refractivity contribution in [2.75, 3.05) is 34.8 Å². The van der Waals surface area contributed by atoms with Gasteiger partial charge in [-0.1, -0.05) is 19.1 Å². The van der Waals surface area contributed by atoms with Crippen molar-refractivity contribution in [3.8, 4) is 0 Å². The quantitative estimate of drug-likeness (QED) is 0.748. The topological polar surface area (TPSA) is 49.9 Å². The van der Waals surface area contributed by atoms with Crippen LogP contribution in [0.25, 0.3) is 0 Å². The minimum atomic E-state index is -0.336. The van der Waals surface area contributed by atoms with E-state index in [2.05, 4.69) is 9.64 Å². The Labute approximate surface area is 126 Å². The highest BCUT2D eigenvalue weighted by Crippen LogP contribution is 2.10. The van der Waals surface area contributed by atoms with Gasteiger partial charge >= 0.3 is 5.97 Å². The molecular formula is C16H24N2O3. The smallest absolute Gasteiger partial charge is 0.310 e. The third-order valence-electron chi connectivity index (χ3n) is 3.20. The van der Waals surface area contributed by atoms with E-state index in [0.717, 1.165) is 12.1 Å². The normalized spacial score (nSPS) is 12.1. The molecule has 0 bridgehead atoms. The van der Waals surface area contributed by atoms with E-state index >= 15 is 0 Å². The van der Waals surface area contributed by atoms with Crippen LogP contribution in [0.5, 0.6) is 0 Å². The largest absolute Gasteiger partial charge is 0.469 e. The molecular weight excluding hydrogens is 268 g/mol. The van der Waals surface area contributed by atoms with Gasteiger partial charge in [-0.2, -0.15) is 0 Å². The molecule has 0 spiro atoms. The van der Waals surface area contributed by atoms with Gasteiger partial charge in [0.2, 0.25) is 0 Å². The second kappa shape index (κ2) is 7.78. The van der Waals surface area contributed by atoms with Gasteiger partial charge in [-0.3, -0.25) is 9.59 Å². The molecule has 0 aliphatic carbocycles. The Bertz CT molecular complexity index is 483. The number of hydrogen-bond donors (Lipinski definition) is 0. The maximum Gasteiger partial charge on any atom is 0.310 e. The monoisotopic (exact) mass is 292 g/mol. The molecule has 1 unspecified atom stereocenters. The predicted molar refractivity (Wildman–Crippen MR) is 82.0 cm³/mol. The highest BCUT2D eigenvalue weighted by molar-refractivity contribution is 5.94. The Morgan fingerprint density at radius 2 is 1.71 bits per heavy atom. The number of carbonyl (C=O) groups is 2. The first-order valence-electron chi connectivity index (χ1n) is 6.92. The summed E-state index contributed by atoms with van der Waals surface area (Å²) in [5.74, 6) is -0.741. The van der Waals surface area contributed by atoms with E-state index in [0.29, 0.717) is 12.1 Å². The standard InChI is InChI=1S/C16H24N2O3/c1-12(16(20)21-5)10-18(4)15(19)14-8-6-13(7-9-14)11-17(2)3/h6-9,12H,10-11H2,1-5H3. The summed E-state index contributed by atoms with van der Waals surface area (Å²) in [4.78, 5) is 27.3. The minimum Gasteiger partial charge on any atom is -0.469 e. The first-order chi connectivity index (χ1) is 9.85. The number of benzene rings is 1. The van der Waals surface area contributed by atoms with Gasteiger partial charge in [-0.25, -0.2) is 0 Å². The molecule has 21 heavy (non-hydrogen) atoms. The molecule has 0 radical (unpaired) electrons. The Balaban J connectivity index is 2.67. The van der Waals surface area contributed by atoms with Gasteiger partial charge in [0.25, 0.3) is 5.91 Å². The fourth-order valence-electron chi connectivity index (χ4n) is 2.11. The molecule has 1 rings (SSSR count). The van der Waals surface area contributed by atoms with E-state index in [1.807, 2.05) is 38.4 Å². The van der Waals surface area contributed by atoms with E-state index in [9.17, 15) is 9.59 Å². The van der Waals surface area contributed by atoms with Crippen LogP contribution >= 0.6 is 0 Å². The van der Waals surface area contributed by atoms with Gasteiger partial charge in [0.1, 0.15) is 0 Å². The van der Waals surface area contributed by atoms with Crippen LogP contribution in [0.15, 0.2) is 24.3 Å². The van der Waals surface area contributed by atoms with Gasteiger partial charge in [0.15, 0.2) is 0 Å². The van der Waals surface area contributed by atoms with E-state index in [1.54, 1.807) is 18.9 Å². The van der Waals surface area contributed by atoms with Crippen molar-refractivity contribution in [3.63, 3.8) is 0 Å². The Hall–Kier alpha value is -1.88. The number of methoxy groups -OCH3 is 1. The summed E-state index contributed by atoms with van der Waals surface area (Å²) in [6, 6.07) is 7.54. The van der Waals surface area contributed by atoms with Gasteiger partial charge in [0, 0.05) is 25.7 Å². The van der Waals surface area contributed by atoms with Crippen molar-refractivity contribution in [2.45, 2.75) is 13.5 Å². The van der Waals surface area contributed by atoms with Crippen LogP contribution < -0.4 is 0 Å². The van der Waals surface area contributed by atoms with Crippen molar-refractivity contribution >= 4 is 11.9 Å². The molecule has 1 aromatic rings. The average Bonchev–Trinajstić information content (AvgIpc) is 2.45. The van der Waals surface area contributed by atoms with E-state index < -0.39 is 0 Å². The summed E-state index contributed by atoms with van der Waals surface area (Å²) < 4.78 is 4.67. The van der Waals surface area contributed by atoms with Crippen LogP contribution in [-0.2, 0) is 16.1 Å². The number of ether oxygens (including phenoxy) is 1. The zero-order chi connectivity index (χ0) is 16.0. The maximum absolute atomic E-state index is 12.3. The highest BCUT2D eigenvalue weighted by atomic mass is 16.5. The lowest BCUT2D eigenvalue weighted by molar-refractivity contribution is -0.145. The second-order valence-electron chi connectivity index (χ2n) is 5.54. The number of carbonyl (C=O) groups excluding carboxylic acids is 2. The Kier molecular flexibility index (Phi) is 6.37. The van der Waals surface area contributed by atoms with Crippen LogP contribution in [0.1, 0.15) is 22.8 Å². The minimum absolute atomic E-state index is 0.0952. The molecule has 5 heteroatoms. The lowest BCUT2D eigenvalue weighted by atomic mass is 10.1. The average molecular weight is 292 g/mol. The molecule has 0 aliphatic rings. The van der Waals surface area contributed by atoms with E-state index in [-0.39, 0.29) is 17.8 Å². The number of esters is 1. The van der Waals surface area contributed by atoms with Crippen molar-refractivity contribution < 1.29 is 14.3 Å². The van der Waals surface area contributed by atoms with Gasteiger partial charge < -0.3 is 14.5 Å². The molecule has 1 aromatic carbocycles.